The molecule has 1 fully saturated rings. The van der Waals surface area contributed by atoms with Crippen LogP contribution in [-0.2, 0) is 14.3 Å². The van der Waals surface area contributed by atoms with Crippen LogP contribution in [0, 0.1) is 12.3 Å². The lowest BCUT2D eigenvalue weighted by Crippen LogP contribution is -2.49. The van der Waals surface area contributed by atoms with E-state index in [0.29, 0.717) is 5.56 Å². The maximum atomic E-state index is 12.6. The van der Waals surface area contributed by atoms with Crippen LogP contribution in [0.15, 0.2) is 30.3 Å². The van der Waals surface area contributed by atoms with Gasteiger partial charge in [0.2, 0.25) is 0 Å². The molecule has 0 saturated carbocycles. The molecule has 1 aromatic carbocycles. The van der Waals surface area contributed by atoms with Crippen LogP contribution in [-0.4, -0.2) is 58.0 Å². The molecule has 120 valence electrons. The Bertz CT molecular complexity index is 640. The van der Waals surface area contributed by atoms with Crippen LogP contribution in [0.1, 0.15) is 10.4 Å². The molecular weight excluding hydrogens is 318 g/mol. The molecule has 2 rings (SSSR count). The first-order valence-corrected chi connectivity index (χ1v) is 7.87. The molecule has 1 aliphatic heterocycles. The van der Waals surface area contributed by atoms with Crippen LogP contribution in [0.25, 0.3) is 0 Å². The van der Waals surface area contributed by atoms with Gasteiger partial charge >= 0.3 is 5.97 Å². The Balaban J connectivity index is 2.20. The molecule has 0 aromatic heterocycles. The Hall–Kier alpha value is -2.30. The van der Waals surface area contributed by atoms with E-state index in [0.717, 1.165) is 16.7 Å². The van der Waals surface area contributed by atoms with Gasteiger partial charge in [0.15, 0.2) is 5.78 Å². The highest BCUT2D eigenvalue weighted by Gasteiger charge is 2.45. The number of aliphatic carboxylic acids is 1. The van der Waals surface area contributed by atoms with Crippen LogP contribution < -0.4 is 0 Å². The maximum absolute atomic E-state index is 12.6. The van der Waals surface area contributed by atoms with Gasteiger partial charge in [-0.25, -0.2) is 4.79 Å². The molecule has 1 heterocycles. The number of nitrogens with zero attached hydrogens (tertiary/aromatic N) is 1. The van der Waals surface area contributed by atoms with Gasteiger partial charge in [0, 0.05) is 11.3 Å². The van der Waals surface area contributed by atoms with Gasteiger partial charge in [-0.05, 0) is 0 Å². The van der Waals surface area contributed by atoms with Crippen molar-refractivity contribution in [2.75, 3.05) is 19.0 Å². The van der Waals surface area contributed by atoms with Gasteiger partial charge in [-0.3, -0.25) is 9.59 Å². The summed E-state index contributed by atoms with van der Waals surface area (Å²) in [5, 5.41) is 8.41. The van der Waals surface area contributed by atoms with Gasteiger partial charge in [-0.15, -0.1) is 18.2 Å². The molecule has 0 bridgehead atoms. The van der Waals surface area contributed by atoms with E-state index in [4.69, 9.17) is 11.2 Å². The summed E-state index contributed by atoms with van der Waals surface area (Å²) >= 11 is 1.14. The molecule has 2 atom stereocenters. The quantitative estimate of drug-likeness (QED) is 0.472. The Kier molecular flexibility index (Phi) is 5.79. The lowest BCUT2D eigenvalue weighted by atomic mass is 10.1. The largest absolute Gasteiger partial charge is 0.480 e. The molecule has 1 aliphatic rings. The minimum Gasteiger partial charge on any atom is -0.480 e. The summed E-state index contributed by atoms with van der Waals surface area (Å²) in [6.07, 6.45) is 5.04. The summed E-state index contributed by atoms with van der Waals surface area (Å²) in [5.41, 5.74) is 0.429. The van der Waals surface area contributed by atoms with E-state index >= 15 is 0 Å². The number of carboxylic acids is 1. The molecule has 0 aliphatic carbocycles. The molecular formula is C16H15NO5S. The SMILES string of the molecule is C#CCOCC(=O)N1[C@@H](C(=O)c2ccccc2)SC[C@H]1C(=O)O. The fourth-order valence-electron chi connectivity index (χ4n) is 2.22. The smallest absolute Gasteiger partial charge is 0.327 e. The van der Waals surface area contributed by atoms with E-state index < -0.39 is 23.3 Å². The number of carbonyl (C=O) groups is 3. The minimum absolute atomic E-state index is 0.0538. The van der Waals surface area contributed by atoms with E-state index in [1.807, 2.05) is 0 Å². The molecule has 1 aromatic rings. The number of terminal acetylenes is 1. The van der Waals surface area contributed by atoms with Crippen molar-refractivity contribution in [1.82, 2.24) is 4.90 Å². The highest BCUT2D eigenvalue weighted by Crippen LogP contribution is 2.32. The standard InChI is InChI=1S/C16H15NO5S/c1-2-8-22-9-13(18)17-12(16(20)21)10-23-15(17)14(19)11-6-4-3-5-7-11/h1,3-7,12,15H,8-10H2,(H,20,21)/t12-,15+/m0/s1. The number of amides is 1. The lowest BCUT2D eigenvalue weighted by molar-refractivity contribution is -0.150. The van der Waals surface area contributed by atoms with Crippen molar-refractivity contribution < 1.29 is 24.2 Å². The number of benzene rings is 1. The Morgan fingerprint density at radius 3 is 2.65 bits per heavy atom. The number of hydrogen-bond donors (Lipinski definition) is 1. The fourth-order valence-corrected chi connectivity index (χ4v) is 3.60. The van der Waals surface area contributed by atoms with Crippen LogP contribution >= 0.6 is 11.8 Å². The van der Waals surface area contributed by atoms with Crippen LogP contribution in [0.5, 0.6) is 0 Å². The summed E-state index contributed by atoms with van der Waals surface area (Å²) in [6, 6.07) is 7.41. The number of rotatable bonds is 6. The Morgan fingerprint density at radius 1 is 1.35 bits per heavy atom. The number of ether oxygens (including phenoxy) is 1. The molecule has 1 amide bonds. The highest BCUT2D eigenvalue weighted by molar-refractivity contribution is 8.00. The molecule has 1 saturated heterocycles. The van der Waals surface area contributed by atoms with Crippen molar-refractivity contribution in [3.8, 4) is 12.3 Å². The zero-order valence-corrected chi connectivity index (χ0v) is 13.0. The Labute approximate surface area is 137 Å². The van der Waals surface area contributed by atoms with E-state index in [2.05, 4.69) is 5.92 Å². The zero-order chi connectivity index (χ0) is 16.8. The predicted molar refractivity (Wildman–Crippen MR) is 84.9 cm³/mol. The molecule has 7 heteroatoms. The minimum atomic E-state index is -1.15. The molecule has 6 nitrogen and oxygen atoms in total. The second-order valence-electron chi connectivity index (χ2n) is 4.77. The first-order chi connectivity index (χ1) is 11.1. The number of ketones is 1. The summed E-state index contributed by atoms with van der Waals surface area (Å²) < 4.78 is 4.98. The molecule has 0 radical (unpaired) electrons. The number of Topliss-reactive ketones (excluding diaryl/α,β-unsaturated/α-hetero) is 1. The third kappa shape index (κ3) is 3.92. The van der Waals surface area contributed by atoms with Crippen molar-refractivity contribution >= 4 is 29.4 Å². The lowest BCUT2D eigenvalue weighted by Gasteiger charge is -2.26. The topological polar surface area (TPSA) is 83.9 Å². The van der Waals surface area contributed by atoms with Crippen molar-refractivity contribution in [3.05, 3.63) is 35.9 Å². The average Bonchev–Trinajstić information content (AvgIpc) is 3.00. The zero-order valence-electron chi connectivity index (χ0n) is 12.2. The first kappa shape index (κ1) is 17.1. The van der Waals surface area contributed by atoms with Crippen LogP contribution in [0.3, 0.4) is 0 Å². The molecule has 0 unspecified atom stereocenters. The number of carbonyl (C=O) groups excluding carboxylic acids is 2. The predicted octanol–water partition coefficient (Wildman–Crippen LogP) is 0.874. The molecule has 0 spiro atoms. The molecule has 23 heavy (non-hydrogen) atoms. The number of hydrogen-bond acceptors (Lipinski definition) is 5. The first-order valence-electron chi connectivity index (χ1n) is 6.82. The van der Waals surface area contributed by atoms with Gasteiger partial charge in [-0.2, -0.15) is 0 Å². The van der Waals surface area contributed by atoms with Gasteiger partial charge in [0.25, 0.3) is 5.91 Å². The third-order valence-corrected chi connectivity index (χ3v) is 4.53. The summed E-state index contributed by atoms with van der Waals surface area (Å²) in [7, 11) is 0. The van der Waals surface area contributed by atoms with Crippen molar-refractivity contribution in [2.45, 2.75) is 11.4 Å². The van der Waals surface area contributed by atoms with Crippen molar-refractivity contribution in [1.29, 1.82) is 0 Å². The second-order valence-corrected chi connectivity index (χ2v) is 5.88. The van der Waals surface area contributed by atoms with Crippen LogP contribution in [0.2, 0.25) is 0 Å². The summed E-state index contributed by atoms with van der Waals surface area (Å²) in [5.74, 6) is 0.367. The van der Waals surface area contributed by atoms with Gasteiger partial charge < -0.3 is 14.7 Å². The van der Waals surface area contributed by atoms with Gasteiger partial charge in [-0.1, -0.05) is 36.3 Å². The third-order valence-electron chi connectivity index (χ3n) is 3.27. The summed E-state index contributed by atoms with van der Waals surface area (Å²) in [4.78, 5) is 37.3. The van der Waals surface area contributed by atoms with E-state index in [1.165, 1.54) is 0 Å². The maximum Gasteiger partial charge on any atom is 0.327 e. The average molecular weight is 333 g/mol. The van der Waals surface area contributed by atoms with E-state index in [-0.39, 0.29) is 24.7 Å². The second kappa shape index (κ2) is 7.81. The number of carboxylic acid groups (broad SMARTS) is 1. The Morgan fingerprint density at radius 2 is 2.04 bits per heavy atom. The summed E-state index contributed by atoms with van der Waals surface area (Å²) in [6.45, 7) is -0.408. The van der Waals surface area contributed by atoms with Crippen molar-refractivity contribution in [2.24, 2.45) is 0 Å². The van der Waals surface area contributed by atoms with Crippen LogP contribution in [0.4, 0.5) is 0 Å². The normalized spacial score (nSPS) is 20.0. The monoisotopic (exact) mass is 333 g/mol. The fraction of sp³-hybridized carbons (Fsp3) is 0.312. The van der Waals surface area contributed by atoms with E-state index in [1.54, 1.807) is 30.3 Å². The molecule has 1 N–H and O–H groups in total. The highest BCUT2D eigenvalue weighted by atomic mass is 32.2. The van der Waals surface area contributed by atoms with Gasteiger partial charge in [0.1, 0.15) is 24.6 Å². The van der Waals surface area contributed by atoms with E-state index in [9.17, 15) is 19.5 Å². The number of thioether (sulfide) groups is 1. The van der Waals surface area contributed by atoms with Crippen molar-refractivity contribution in [3.63, 3.8) is 0 Å². The van der Waals surface area contributed by atoms with Gasteiger partial charge in [0.05, 0.1) is 0 Å².